The van der Waals surface area contributed by atoms with Crippen molar-refractivity contribution in [1.82, 2.24) is 0 Å². The standard InChI is InChI=1S/C81H78B2N4O/c1-47-35-49(3)74(50(4)36-47)53-39-69-76-70(40-53)86(57-28-30-59-61(44-57)81(13,84)34-33-79(59,9)10)66-25-19-17-23-62(66)82(76)64-45-65-72(46-68(64)85(69)55-21-15-14-16-22-55)88-73-42-54(75-51(5)37-48(2)38-52(75)6)41-71-77(73)83(65)63-24-18-20-26-67(63)87(71)56-27-29-58-60(43-56)80(11,12)32-31-78(58,7)8/h14-30,35-46H,31-34,84H2,1-13H3. The Labute approximate surface area is 522 Å². The van der Waals surface area contributed by atoms with Crippen molar-refractivity contribution in [1.29, 1.82) is 0 Å². The van der Waals surface area contributed by atoms with E-state index in [0.717, 1.165) is 53.4 Å². The fourth-order valence-corrected chi connectivity index (χ4v) is 17.4. The number of aryl methyl sites for hydroxylation is 6. The third-order valence-corrected chi connectivity index (χ3v) is 21.7. The van der Waals surface area contributed by atoms with E-state index in [2.05, 4.69) is 281 Å². The molecule has 0 saturated heterocycles. The van der Waals surface area contributed by atoms with Gasteiger partial charge in [-0.3, -0.25) is 0 Å². The number of para-hydroxylation sites is 3. The molecule has 16 rings (SSSR count). The molecule has 0 bridgehead atoms. The van der Waals surface area contributed by atoms with E-state index in [1.165, 1.54) is 146 Å². The van der Waals surface area contributed by atoms with Gasteiger partial charge in [-0.1, -0.05) is 150 Å². The number of ether oxygens (including phenoxy) is 1. The number of nitrogens with two attached hydrogens (primary N) is 1. The van der Waals surface area contributed by atoms with E-state index in [0.29, 0.717) is 0 Å². The normalized spacial score (nSPS) is 18.2. The topological polar surface area (TPSA) is 45.0 Å². The molecule has 2 N–H and O–H groups in total. The third kappa shape index (κ3) is 8.04. The second kappa shape index (κ2) is 19.0. The first-order chi connectivity index (χ1) is 42.1. The highest BCUT2D eigenvalue weighted by atomic mass is 16.5. The highest BCUT2D eigenvalue weighted by Gasteiger charge is 2.49. The van der Waals surface area contributed by atoms with Gasteiger partial charge in [0.15, 0.2) is 0 Å². The van der Waals surface area contributed by atoms with E-state index in [-0.39, 0.29) is 29.7 Å². The van der Waals surface area contributed by atoms with E-state index in [4.69, 9.17) is 10.5 Å². The summed E-state index contributed by atoms with van der Waals surface area (Å²) in [6.07, 6.45) is 4.29. The Balaban J connectivity index is 0.975. The fraction of sp³-hybridized carbons (Fsp3) is 0.259. The molecular weight excluding hydrogens is 1070 g/mol. The first-order valence-electron chi connectivity index (χ1n) is 32.2. The summed E-state index contributed by atoms with van der Waals surface area (Å²) in [6.45, 7) is 30.0. The van der Waals surface area contributed by atoms with Gasteiger partial charge in [0.2, 0.25) is 0 Å². The minimum absolute atomic E-state index is 0.00944. The molecule has 2 aliphatic carbocycles. The van der Waals surface area contributed by atoms with Crippen LogP contribution in [-0.4, -0.2) is 13.4 Å². The van der Waals surface area contributed by atoms with Crippen molar-refractivity contribution in [2.24, 2.45) is 5.73 Å². The quantitative estimate of drug-likeness (QED) is 0.174. The van der Waals surface area contributed by atoms with Crippen molar-refractivity contribution < 1.29 is 4.74 Å². The second-order valence-electron chi connectivity index (χ2n) is 29.3. The van der Waals surface area contributed by atoms with Crippen molar-refractivity contribution >= 4 is 97.4 Å². The molecule has 1 unspecified atom stereocenters. The molecule has 7 heteroatoms. The van der Waals surface area contributed by atoms with E-state index >= 15 is 0 Å². The molecule has 1 atom stereocenters. The minimum Gasteiger partial charge on any atom is -0.458 e. The Hall–Kier alpha value is -8.51. The Bertz CT molecular complexity index is 4620. The van der Waals surface area contributed by atoms with Crippen LogP contribution in [0.5, 0.6) is 11.5 Å². The first-order valence-corrected chi connectivity index (χ1v) is 32.2. The SMILES string of the molecule is Cc1cc(C)c(-c2cc3c4c(c2)N(c2ccc5c(c2)C(C)(C)CCC5(C)C)c2ccccc2B4c2cc4c(cc2O3)N(c2ccccc2)c2cc(-c3c(C)cc(C)cc3C)cc3c2B4c2ccccc2N3c2ccc3c(c2)C(C)(N)CCC3(C)C)c(C)c1. The first kappa shape index (κ1) is 54.8. The Morgan fingerprint density at radius 2 is 0.795 bits per heavy atom. The highest BCUT2D eigenvalue weighted by Crippen LogP contribution is 2.53. The van der Waals surface area contributed by atoms with Crippen LogP contribution in [0.2, 0.25) is 0 Å². The van der Waals surface area contributed by atoms with Crippen molar-refractivity contribution in [3.63, 3.8) is 0 Å². The summed E-state index contributed by atoms with van der Waals surface area (Å²) in [5, 5.41) is 0. The van der Waals surface area contributed by atoms with Crippen LogP contribution < -0.4 is 57.9 Å². The van der Waals surface area contributed by atoms with E-state index < -0.39 is 5.54 Å². The molecule has 434 valence electrons. The van der Waals surface area contributed by atoms with Crippen LogP contribution in [0.4, 0.5) is 51.2 Å². The smallest absolute Gasteiger partial charge is 0.256 e. The maximum Gasteiger partial charge on any atom is 0.256 e. The summed E-state index contributed by atoms with van der Waals surface area (Å²) in [4.78, 5) is 7.71. The van der Waals surface area contributed by atoms with Crippen molar-refractivity contribution in [3.8, 4) is 33.8 Å². The molecule has 0 radical (unpaired) electrons. The van der Waals surface area contributed by atoms with Gasteiger partial charge in [0, 0.05) is 62.8 Å². The minimum atomic E-state index is -0.470. The van der Waals surface area contributed by atoms with Crippen LogP contribution in [0.25, 0.3) is 22.3 Å². The molecule has 0 saturated carbocycles. The molecule has 10 aromatic carbocycles. The van der Waals surface area contributed by atoms with Gasteiger partial charge in [0.1, 0.15) is 11.5 Å². The molecule has 0 amide bonds. The molecule has 10 aromatic rings. The molecule has 0 spiro atoms. The van der Waals surface area contributed by atoms with Crippen LogP contribution in [0.15, 0.2) is 176 Å². The lowest BCUT2D eigenvalue weighted by atomic mass is 9.30. The highest BCUT2D eigenvalue weighted by molar-refractivity contribution is 7.02. The summed E-state index contributed by atoms with van der Waals surface area (Å²) in [6, 6.07) is 68.3. The summed E-state index contributed by atoms with van der Waals surface area (Å²) in [5.41, 5.74) is 42.9. The lowest BCUT2D eigenvalue weighted by Crippen LogP contribution is -2.64. The van der Waals surface area contributed by atoms with Crippen molar-refractivity contribution in [2.45, 2.75) is 137 Å². The van der Waals surface area contributed by atoms with Gasteiger partial charge >= 0.3 is 0 Å². The molecule has 0 aromatic heterocycles. The zero-order valence-electron chi connectivity index (χ0n) is 53.6. The van der Waals surface area contributed by atoms with Crippen LogP contribution in [0.3, 0.4) is 0 Å². The summed E-state index contributed by atoms with van der Waals surface area (Å²) < 4.78 is 7.77. The van der Waals surface area contributed by atoms with Crippen molar-refractivity contribution in [3.05, 3.63) is 232 Å². The predicted molar refractivity (Wildman–Crippen MR) is 375 cm³/mol. The van der Waals surface area contributed by atoms with E-state index in [1.807, 2.05) is 0 Å². The van der Waals surface area contributed by atoms with Gasteiger partial charge in [0.05, 0.1) is 0 Å². The van der Waals surface area contributed by atoms with Crippen LogP contribution in [0.1, 0.15) is 130 Å². The second-order valence-corrected chi connectivity index (χ2v) is 29.3. The fourth-order valence-electron chi connectivity index (χ4n) is 17.4. The molecule has 5 nitrogen and oxygen atoms in total. The maximum atomic E-state index is 7.77. The van der Waals surface area contributed by atoms with Crippen molar-refractivity contribution in [2.75, 3.05) is 14.7 Å². The Kier molecular flexibility index (Phi) is 11.8. The van der Waals surface area contributed by atoms with Gasteiger partial charge in [0.25, 0.3) is 13.4 Å². The van der Waals surface area contributed by atoms with Gasteiger partial charge in [-0.05, 0) is 263 Å². The lowest BCUT2D eigenvalue weighted by Gasteiger charge is -2.46. The number of nitrogens with zero attached hydrogens (tertiary/aromatic N) is 3. The molecule has 0 fully saturated rings. The zero-order valence-corrected chi connectivity index (χ0v) is 53.6. The third-order valence-electron chi connectivity index (χ3n) is 21.7. The number of anilines is 9. The van der Waals surface area contributed by atoms with Gasteiger partial charge in [-0.2, -0.15) is 0 Å². The largest absolute Gasteiger partial charge is 0.458 e. The maximum absolute atomic E-state index is 7.77. The van der Waals surface area contributed by atoms with Gasteiger partial charge in [-0.25, -0.2) is 0 Å². The number of hydrogen-bond donors (Lipinski definition) is 1. The van der Waals surface area contributed by atoms with Crippen LogP contribution >= 0.6 is 0 Å². The van der Waals surface area contributed by atoms with Gasteiger partial charge in [-0.15, -0.1) is 0 Å². The average molecular weight is 1150 g/mol. The van der Waals surface area contributed by atoms with Gasteiger partial charge < -0.3 is 25.2 Å². The molecule has 88 heavy (non-hydrogen) atoms. The summed E-state index contributed by atoms with van der Waals surface area (Å²) in [7, 11) is 0. The molecular formula is C81H78B2N4O. The predicted octanol–water partition coefficient (Wildman–Crippen LogP) is 17.0. The molecule has 4 heterocycles. The van der Waals surface area contributed by atoms with Crippen LogP contribution in [0, 0.1) is 41.5 Å². The zero-order chi connectivity index (χ0) is 60.8. The molecule has 6 aliphatic rings. The van der Waals surface area contributed by atoms with E-state index in [9.17, 15) is 0 Å². The number of rotatable bonds is 5. The Morgan fingerprint density at radius 3 is 1.35 bits per heavy atom. The van der Waals surface area contributed by atoms with E-state index in [1.54, 1.807) is 0 Å². The summed E-state index contributed by atoms with van der Waals surface area (Å²) >= 11 is 0. The lowest BCUT2D eigenvalue weighted by molar-refractivity contribution is 0.319. The monoisotopic (exact) mass is 1140 g/mol. The Morgan fingerprint density at radius 1 is 0.352 bits per heavy atom. The number of fused-ring (bicyclic) bond motifs is 10. The molecule has 4 aliphatic heterocycles. The van der Waals surface area contributed by atoms with Crippen LogP contribution in [-0.2, 0) is 21.8 Å². The number of hydrogen-bond acceptors (Lipinski definition) is 5. The summed E-state index contributed by atoms with van der Waals surface area (Å²) in [5.74, 6) is 1.79. The average Bonchev–Trinajstić information content (AvgIpc) is 0.700. The number of benzene rings is 10.